The lowest BCUT2D eigenvalue weighted by atomic mass is 10.2. The summed E-state index contributed by atoms with van der Waals surface area (Å²) in [6.07, 6.45) is 2.29. The topological polar surface area (TPSA) is 78.9 Å². The molecule has 1 aromatic heterocycles. The molecule has 160 valence electrons. The molecule has 0 saturated carbocycles. The number of hydrogen-bond acceptors (Lipinski definition) is 4. The van der Waals surface area contributed by atoms with E-state index < -0.39 is 5.60 Å². The minimum atomic E-state index is -0.487. The molecule has 0 saturated heterocycles. The summed E-state index contributed by atoms with van der Waals surface area (Å²) >= 11 is 0. The first-order chi connectivity index (χ1) is 12.7. The Morgan fingerprint density at radius 3 is 2.54 bits per heavy atom. The van der Waals surface area contributed by atoms with Gasteiger partial charge in [-0.15, -0.1) is 24.0 Å². The number of amides is 1. The number of carbonyl (C=O) groups is 1. The van der Waals surface area contributed by atoms with Gasteiger partial charge in [-0.05, 0) is 60.1 Å². The van der Waals surface area contributed by atoms with Gasteiger partial charge in [0, 0.05) is 31.9 Å². The molecule has 2 N–H and O–H groups in total. The van der Waals surface area contributed by atoms with Crippen LogP contribution in [0.15, 0.2) is 29.4 Å². The Morgan fingerprint density at radius 2 is 2.00 bits per heavy atom. The molecule has 1 rings (SSSR count). The van der Waals surface area contributed by atoms with Crippen LogP contribution in [0.25, 0.3) is 0 Å². The van der Waals surface area contributed by atoms with Gasteiger partial charge in [-0.25, -0.2) is 9.79 Å². The maximum atomic E-state index is 12.3. The van der Waals surface area contributed by atoms with Gasteiger partial charge in [0.15, 0.2) is 5.96 Å². The number of guanidine groups is 1. The number of hydrogen-bond donors (Lipinski definition) is 2. The molecule has 0 aliphatic heterocycles. The van der Waals surface area contributed by atoms with Gasteiger partial charge in [0.25, 0.3) is 0 Å². The van der Waals surface area contributed by atoms with E-state index in [-0.39, 0.29) is 36.1 Å². The molecule has 28 heavy (non-hydrogen) atoms. The van der Waals surface area contributed by atoms with E-state index in [1.54, 1.807) is 11.1 Å². The van der Waals surface area contributed by atoms with Gasteiger partial charge in [-0.2, -0.15) is 0 Å². The smallest absolute Gasteiger partial charge is 0.410 e. The van der Waals surface area contributed by atoms with E-state index in [1.807, 2.05) is 59.7 Å². The zero-order chi connectivity index (χ0) is 20.3. The first-order valence-corrected chi connectivity index (χ1v) is 9.64. The Morgan fingerprint density at radius 1 is 1.29 bits per heavy atom. The Balaban J connectivity index is 0.00000729. The lowest BCUT2D eigenvalue weighted by Crippen LogP contribution is -2.43. The highest BCUT2D eigenvalue weighted by molar-refractivity contribution is 14.0. The lowest BCUT2D eigenvalue weighted by Gasteiger charge is -2.30. The van der Waals surface area contributed by atoms with Gasteiger partial charge in [0.2, 0.25) is 0 Å². The van der Waals surface area contributed by atoms with Crippen LogP contribution in [0.1, 0.15) is 53.7 Å². The molecule has 0 unspecified atom stereocenters. The van der Waals surface area contributed by atoms with Crippen LogP contribution in [0.3, 0.4) is 0 Å². The monoisotopic (exact) mass is 505 g/mol. The number of halogens is 1. The van der Waals surface area contributed by atoms with Crippen LogP contribution in [-0.2, 0) is 11.3 Å². The average Bonchev–Trinajstić information content (AvgIpc) is 2.58. The van der Waals surface area contributed by atoms with Crippen molar-refractivity contribution in [1.82, 2.24) is 20.5 Å². The maximum Gasteiger partial charge on any atom is 0.410 e. The van der Waals surface area contributed by atoms with E-state index in [0.29, 0.717) is 19.6 Å². The molecule has 1 amide bonds. The zero-order valence-corrected chi connectivity index (χ0v) is 20.3. The van der Waals surface area contributed by atoms with E-state index in [0.717, 1.165) is 24.6 Å². The largest absolute Gasteiger partial charge is 0.444 e. The lowest BCUT2D eigenvalue weighted by molar-refractivity contribution is 0.0190. The predicted molar refractivity (Wildman–Crippen MR) is 125 cm³/mol. The van der Waals surface area contributed by atoms with Crippen LogP contribution in [-0.4, -0.2) is 53.2 Å². The van der Waals surface area contributed by atoms with Gasteiger partial charge in [0.05, 0.1) is 12.2 Å². The van der Waals surface area contributed by atoms with Crippen molar-refractivity contribution >= 4 is 36.0 Å². The van der Waals surface area contributed by atoms with Crippen LogP contribution in [0, 0.1) is 0 Å². The third kappa shape index (κ3) is 11.3. The fourth-order valence-electron chi connectivity index (χ4n) is 2.33. The van der Waals surface area contributed by atoms with Crippen LogP contribution >= 0.6 is 24.0 Å². The summed E-state index contributed by atoms with van der Waals surface area (Å²) in [5, 5.41) is 6.53. The highest BCUT2D eigenvalue weighted by atomic mass is 127. The van der Waals surface area contributed by atoms with Crippen molar-refractivity contribution in [2.75, 3.05) is 19.6 Å². The fourth-order valence-corrected chi connectivity index (χ4v) is 2.33. The number of nitrogens with one attached hydrogen (secondary N) is 2. The van der Waals surface area contributed by atoms with Crippen molar-refractivity contribution in [3.8, 4) is 0 Å². The van der Waals surface area contributed by atoms with Crippen molar-refractivity contribution in [1.29, 1.82) is 0 Å². The Bertz CT molecular complexity index is 588. The Kier molecular flexibility index (Phi) is 12.8. The summed E-state index contributed by atoms with van der Waals surface area (Å²) in [4.78, 5) is 22.9. The normalized spacial score (nSPS) is 11.6. The van der Waals surface area contributed by atoms with Gasteiger partial charge in [0.1, 0.15) is 5.60 Å². The first-order valence-electron chi connectivity index (χ1n) is 9.64. The fraction of sp³-hybridized carbons (Fsp3) is 0.650. The highest BCUT2D eigenvalue weighted by Gasteiger charge is 2.23. The second-order valence-electron chi connectivity index (χ2n) is 7.56. The number of rotatable bonds is 8. The molecular formula is C20H36IN5O2. The third-order valence-corrected chi connectivity index (χ3v) is 3.59. The maximum absolute atomic E-state index is 12.3. The number of carbonyl (C=O) groups excluding carboxylic acids is 1. The average molecular weight is 505 g/mol. The number of nitrogens with zero attached hydrogens (tertiary/aromatic N) is 3. The summed E-state index contributed by atoms with van der Waals surface area (Å²) < 4.78 is 5.49. The van der Waals surface area contributed by atoms with Crippen molar-refractivity contribution in [3.63, 3.8) is 0 Å². The van der Waals surface area contributed by atoms with Gasteiger partial charge in [-0.3, -0.25) is 4.98 Å². The third-order valence-electron chi connectivity index (χ3n) is 3.59. The molecule has 0 aliphatic carbocycles. The summed E-state index contributed by atoms with van der Waals surface area (Å²) in [6.45, 7) is 14.3. The molecule has 0 radical (unpaired) electrons. The minimum Gasteiger partial charge on any atom is -0.444 e. The van der Waals surface area contributed by atoms with E-state index >= 15 is 0 Å². The Hall–Kier alpha value is -1.58. The van der Waals surface area contributed by atoms with Crippen LogP contribution < -0.4 is 10.6 Å². The van der Waals surface area contributed by atoms with Crippen molar-refractivity contribution < 1.29 is 9.53 Å². The molecule has 0 spiro atoms. The number of aliphatic imine (C=N–C) groups is 1. The zero-order valence-electron chi connectivity index (χ0n) is 18.0. The van der Waals surface area contributed by atoms with Crippen molar-refractivity contribution in [2.45, 2.75) is 66.2 Å². The summed E-state index contributed by atoms with van der Waals surface area (Å²) in [5.74, 6) is 0.747. The number of pyridine rings is 1. The molecule has 0 atom stereocenters. The minimum absolute atomic E-state index is 0. The summed E-state index contributed by atoms with van der Waals surface area (Å²) in [5.41, 5.74) is 0.435. The van der Waals surface area contributed by atoms with Gasteiger partial charge >= 0.3 is 6.09 Å². The molecule has 1 aromatic rings. The number of aromatic nitrogens is 1. The molecule has 8 heteroatoms. The standard InChI is InChI=1S/C20H35N5O2.HI/c1-7-21-18(24-15-17-11-8-9-12-22-17)23-13-10-14-25(16(2)3)19(26)27-20(4,5)6;/h8-9,11-12,16H,7,10,13-15H2,1-6H3,(H2,21,23,24);1H. The van der Waals surface area contributed by atoms with Gasteiger partial charge < -0.3 is 20.3 Å². The highest BCUT2D eigenvalue weighted by Crippen LogP contribution is 2.12. The van der Waals surface area contributed by atoms with E-state index in [9.17, 15) is 4.79 Å². The van der Waals surface area contributed by atoms with E-state index in [1.165, 1.54) is 0 Å². The predicted octanol–water partition coefficient (Wildman–Crippen LogP) is 3.79. The van der Waals surface area contributed by atoms with Crippen LogP contribution in [0.4, 0.5) is 4.79 Å². The SMILES string of the molecule is CCNC(=NCc1ccccn1)NCCCN(C(=O)OC(C)(C)C)C(C)C.I. The van der Waals surface area contributed by atoms with Crippen molar-refractivity contribution in [3.05, 3.63) is 30.1 Å². The summed E-state index contributed by atoms with van der Waals surface area (Å²) in [6, 6.07) is 5.89. The second kappa shape index (κ2) is 13.6. The van der Waals surface area contributed by atoms with Crippen LogP contribution in [0.5, 0.6) is 0 Å². The molecule has 0 aliphatic rings. The molecule has 0 fully saturated rings. The number of ether oxygens (including phenoxy) is 1. The first kappa shape index (κ1) is 26.4. The van der Waals surface area contributed by atoms with E-state index in [2.05, 4.69) is 20.6 Å². The molecule has 7 nitrogen and oxygen atoms in total. The Labute approximate surface area is 186 Å². The molecule has 0 aromatic carbocycles. The van der Waals surface area contributed by atoms with E-state index in [4.69, 9.17) is 4.74 Å². The quantitative estimate of drug-likeness (QED) is 0.243. The van der Waals surface area contributed by atoms with Crippen molar-refractivity contribution in [2.24, 2.45) is 4.99 Å². The molecular weight excluding hydrogens is 469 g/mol. The molecule has 0 bridgehead atoms. The second-order valence-corrected chi connectivity index (χ2v) is 7.56. The summed E-state index contributed by atoms with van der Waals surface area (Å²) in [7, 11) is 0. The van der Waals surface area contributed by atoms with Crippen LogP contribution in [0.2, 0.25) is 0 Å². The van der Waals surface area contributed by atoms with Gasteiger partial charge in [-0.1, -0.05) is 6.07 Å². The molecule has 1 heterocycles.